The first-order valence-electron chi connectivity index (χ1n) is 16.5. The summed E-state index contributed by atoms with van der Waals surface area (Å²) in [4.78, 5) is 0. The number of hydrogen-bond donors (Lipinski definition) is 5. The molecule has 0 radical (unpaired) electrons. The van der Waals surface area contributed by atoms with Gasteiger partial charge in [0.05, 0.1) is 12.7 Å². The zero-order chi connectivity index (χ0) is 34.2. The van der Waals surface area contributed by atoms with Crippen LogP contribution in [0, 0.1) is 0 Å². The van der Waals surface area contributed by atoms with Crippen LogP contribution >= 0.6 is 0 Å². The molecule has 0 aromatic carbocycles. The van der Waals surface area contributed by atoms with Crippen LogP contribution in [0.1, 0.15) is 175 Å². The first kappa shape index (κ1) is 56.0. The molecule has 0 aromatic rings. The molecule has 17 heteroatoms. The van der Waals surface area contributed by atoms with Gasteiger partial charge in [0, 0.05) is 0 Å². The van der Waals surface area contributed by atoms with Gasteiger partial charge in [0.15, 0.2) is 0 Å². The molecule has 0 saturated carbocycles. The molecule has 0 fully saturated rings. The van der Waals surface area contributed by atoms with Crippen molar-refractivity contribution in [1.29, 1.82) is 0 Å². The van der Waals surface area contributed by atoms with Crippen molar-refractivity contribution in [2.75, 3.05) is 6.61 Å². The third-order valence-corrected chi connectivity index (χ3v) is 7.74. The molecule has 7 N–H and O–H groups in total. The normalized spacial score (nSPS) is 12.1. The Kier molecular flexibility index (Phi) is 46.7. The third-order valence-electron chi connectivity index (χ3n) is 6.72. The van der Waals surface area contributed by atoms with E-state index in [0.29, 0.717) is 0 Å². The Morgan fingerprint density at radius 1 is 0.478 bits per heavy atom. The maximum absolute atomic E-state index is 12.0. The van der Waals surface area contributed by atoms with E-state index in [4.69, 9.17) is 43.4 Å². The second-order valence-electron chi connectivity index (χ2n) is 11.2. The van der Waals surface area contributed by atoms with Gasteiger partial charge in [-0.15, -0.1) is 0 Å². The fraction of sp³-hybridized carbons (Fsp3) is 1.00. The van der Waals surface area contributed by atoms with E-state index in [2.05, 4.69) is 13.8 Å². The molecule has 0 bridgehead atoms. The van der Waals surface area contributed by atoms with Crippen molar-refractivity contribution in [1.82, 2.24) is 6.15 Å². The molecule has 0 amide bonds. The summed E-state index contributed by atoms with van der Waals surface area (Å²) < 4.78 is 97.4. The minimum atomic E-state index is -4.67. The van der Waals surface area contributed by atoms with Gasteiger partial charge in [0.1, 0.15) is 0 Å². The van der Waals surface area contributed by atoms with Gasteiger partial charge in [-0.25, -0.2) is 8.37 Å². The molecular formula is C29H68NNaO12S3. The average molecular weight is 742 g/mol. The van der Waals surface area contributed by atoms with Crippen molar-refractivity contribution in [2.45, 2.75) is 181 Å². The Morgan fingerprint density at radius 2 is 0.717 bits per heavy atom. The molecule has 0 spiro atoms. The molecule has 0 aliphatic carbocycles. The number of rotatable bonds is 28. The number of unbranched alkanes of at least 4 members (excludes halogenated alkanes) is 21. The van der Waals surface area contributed by atoms with Crippen LogP contribution in [-0.2, 0) is 39.6 Å². The van der Waals surface area contributed by atoms with Crippen LogP contribution < -0.4 is 6.15 Å². The van der Waals surface area contributed by atoms with Crippen LogP contribution in [0.2, 0.25) is 0 Å². The fourth-order valence-electron chi connectivity index (χ4n) is 4.48. The molecule has 0 aliphatic rings. The maximum atomic E-state index is 12.0. The van der Waals surface area contributed by atoms with Crippen molar-refractivity contribution in [3.8, 4) is 0 Å². The average Bonchev–Trinajstić information content (AvgIpc) is 2.87. The van der Waals surface area contributed by atoms with Crippen molar-refractivity contribution in [3.05, 3.63) is 0 Å². The van der Waals surface area contributed by atoms with Gasteiger partial charge >= 0.3 is 60.8 Å². The molecule has 0 saturated heterocycles. The van der Waals surface area contributed by atoms with Crippen LogP contribution in [0.15, 0.2) is 0 Å². The van der Waals surface area contributed by atoms with E-state index in [1.165, 1.54) is 116 Å². The molecular weight excluding hydrogens is 674 g/mol. The SMILES string of the molecule is CCCCCCCCCCCCCCCC(C)OS(=O)(=O)OCCCCCCCCCCCC.N.O=S(=O)(O)O.O=S(=O)(O)O.[NaH]. The summed E-state index contributed by atoms with van der Waals surface area (Å²) in [7, 11) is -13.2. The van der Waals surface area contributed by atoms with Crippen LogP contribution in [0.25, 0.3) is 0 Å². The first-order chi connectivity index (χ1) is 20.5. The van der Waals surface area contributed by atoms with E-state index >= 15 is 0 Å². The first-order valence-corrected chi connectivity index (χ1v) is 20.6. The summed E-state index contributed by atoms with van der Waals surface area (Å²) in [5, 5.41) is 0. The monoisotopic (exact) mass is 741 g/mol. The second kappa shape index (κ2) is 38.4. The Hall–Kier alpha value is 0.570. The molecule has 13 nitrogen and oxygen atoms in total. The molecule has 0 aliphatic heterocycles. The quantitative estimate of drug-likeness (QED) is 0.0289. The molecule has 0 aromatic heterocycles. The van der Waals surface area contributed by atoms with E-state index < -0.39 is 31.2 Å². The number of hydrogen-bond acceptors (Lipinski definition) is 9. The van der Waals surface area contributed by atoms with E-state index in [1.807, 2.05) is 6.92 Å². The Bertz CT molecular complexity index is 876. The summed E-state index contributed by atoms with van der Waals surface area (Å²) in [6.07, 6.45) is 29.8. The summed E-state index contributed by atoms with van der Waals surface area (Å²) in [6.45, 7) is 6.59. The zero-order valence-corrected chi connectivity index (χ0v) is 30.7. The molecule has 46 heavy (non-hydrogen) atoms. The van der Waals surface area contributed by atoms with E-state index in [-0.39, 0.29) is 48.4 Å². The predicted molar refractivity (Wildman–Crippen MR) is 188 cm³/mol. The van der Waals surface area contributed by atoms with E-state index in [1.54, 1.807) is 0 Å². The van der Waals surface area contributed by atoms with E-state index in [0.717, 1.165) is 38.5 Å². The van der Waals surface area contributed by atoms with Gasteiger partial charge in [-0.2, -0.15) is 25.3 Å². The van der Waals surface area contributed by atoms with Crippen molar-refractivity contribution < 1.29 is 51.8 Å². The molecule has 1 atom stereocenters. The predicted octanol–water partition coefficient (Wildman–Crippen LogP) is 8.26. The summed E-state index contributed by atoms with van der Waals surface area (Å²) in [6, 6.07) is 0. The standard InChI is InChI=1S/C29H60O4S.H3N.Na.2H2O4S.H/c1-4-6-8-10-12-14-16-17-18-19-21-23-25-27-29(3)33-34(30,31)32-28-26-24-22-20-15-13-11-9-7-5-2;;;2*1-5(2,3)4;/h29H,4-28H2,1-3H3;1H3;;2*(H2,1,2,3,4);. The molecule has 0 rings (SSSR count). The van der Waals surface area contributed by atoms with Crippen LogP contribution in [0.3, 0.4) is 0 Å². The fourth-order valence-corrected chi connectivity index (χ4v) is 5.35. The van der Waals surface area contributed by atoms with Gasteiger partial charge < -0.3 is 6.15 Å². The van der Waals surface area contributed by atoms with Crippen LogP contribution in [0.5, 0.6) is 0 Å². The van der Waals surface area contributed by atoms with Crippen molar-refractivity contribution in [3.63, 3.8) is 0 Å². The Labute approximate surface area is 304 Å². The van der Waals surface area contributed by atoms with Gasteiger partial charge in [-0.05, 0) is 19.8 Å². The summed E-state index contributed by atoms with van der Waals surface area (Å²) in [5.74, 6) is 0. The van der Waals surface area contributed by atoms with Gasteiger partial charge in [0.2, 0.25) is 0 Å². The van der Waals surface area contributed by atoms with Crippen LogP contribution in [-0.4, -0.2) is 85.7 Å². The third kappa shape index (κ3) is 70.8. The Morgan fingerprint density at radius 3 is 1.00 bits per heavy atom. The Balaban J connectivity index is -0.000000402. The van der Waals surface area contributed by atoms with Crippen molar-refractivity contribution in [2.24, 2.45) is 0 Å². The summed E-state index contributed by atoms with van der Waals surface area (Å²) >= 11 is 0. The molecule has 280 valence electrons. The van der Waals surface area contributed by atoms with Gasteiger partial charge in [-0.3, -0.25) is 18.2 Å². The molecule has 1 unspecified atom stereocenters. The minimum absolute atomic E-state index is 0. The van der Waals surface area contributed by atoms with Gasteiger partial charge in [-0.1, -0.05) is 155 Å². The second-order valence-corrected chi connectivity index (χ2v) is 14.3. The zero-order valence-electron chi connectivity index (χ0n) is 28.2. The topological polar surface area (TPSA) is 237 Å². The van der Waals surface area contributed by atoms with Crippen LogP contribution in [0.4, 0.5) is 0 Å². The van der Waals surface area contributed by atoms with Gasteiger partial charge in [0.25, 0.3) is 0 Å². The summed E-state index contributed by atoms with van der Waals surface area (Å²) in [5.41, 5.74) is 0. The molecule has 0 heterocycles. The van der Waals surface area contributed by atoms with Crippen molar-refractivity contribution >= 4 is 60.8 Å². The van der Waals surface area contributed by atoms with E-state index in [9.17, 15) is 8.42 Å².